The van der Waals surface area contributed by atoms with Crippen molar-refractivity contribution < 1.29 is 0 Å². The number of benzene rings is 1. The van der Waals surface area contributed by atoms with Crippen LogP contribution in [0.5, 0.6) is 0 Å². The van der Waals surface area contributed by atoms with Crippen molar-refractivity contribution in [2.45, 2.75) is 6.54 Å². The maximum atomic E-state index is 5.51. The molecule has 2 rings (SSSR count). The first-order valence-corrected chi connectivity index (χ1v) is 5.82. The first kappa shape index (κ1) is 11.0. The molecule has 4 nitrogen and oxygen atoms in total. The first-order valence-electron chi connectivity index (χ1n) is 5.01. The normalized spacial score (nSPS) is 10.4. The van der Waals surface area contributed by atoms with Gasteiger partial charge in [0, 0.05) is 31.9 Å². The summed E-state index contributed by atoms with van der Waals surface area (Å²) in [6.45, 7) is 0.452. The lowest BCUT2D eigenvalue weighted by atomic mass is 10.2. The molecule has 1 heterocycles. The van der Waals surface area contributed by atoms with Crippen molar-refractivity contribution in [1.29, 1.82) is 0 Å². The Morgan fingerprint density at radius 1 is 1.19 bits per heavy atom. The minimum Gasteiger partial charge on any atom is -0.378 e. The van der Waals surface area contributed by atoms with E-state index in [4.69, 9.17) is 5.73 Å². The van der Waals surface area contributed by atoms with Gasteiger partial charge in [0.1, 0.15) is 10.0 Å². The molecule has 2 N–H and O–H groups in total. The van der Waals surface area contributed by atoms with Crippen LogP contribution in [-0.4, -0.2) is 24.3 Å². The van der Waals surface area contributed by atoms with Gasteiger partial charge in [0.15, 0.2) is 0 Å². The van der Waals surface area contributed by atoms with Crippen molar-refractivity contribution in [3.05, 3.63) is 29.3 Å². The van der Waals surface area contributed by atoms with E-state index in [0.717, 1.165) is 15.6 Å². The largest absolute Gasteiger partial charge is 0.378 e. The van der Waals surface area contributed by atoms with Crippen LogP contribution in [0.3, 0.4) is 0 Å². The summed E-state index contributed by atoms with van der Waals surface area (Å²) in [6.07, 6.45) is 0. The molecule has 0 fully saturated rings. The third kappa shape index (κ3) is 2.20. The quantitative estimate of drug-likeness (QED) is 0.878. The van der Waals surface area contributed by atoms with Crippen LogP contribution in [0, 0.1) is 0 Å². The molecule has 1 aromatic carbocycles. The number of hydrogen-bond donors (Lipinski definition) is 1. The Morgan fingerprint density at radius 3 is 2.38 bits per heavy atom. The number of aromatic nitrogens is 2. The summed E-state index contributed by atoms with van der Waals surface area (Å²) in [4.78, 5) is 2.06. The Bertz CT molecular complexity index is 461. The summed E-state index contributed by atoms with van der Waals surface area (Å²) in [5.74, 6) is 0. The van der Waals surface area contributed by atoms with E-state index in [2.05, 4.69) is 39.4 Å². The van der Waals surface area contributed by atoms with Gasteiger partial charge in [-0.15, -0.1) is 10.2 Å². The predicted molar refractivity (Wildman–Crippen MR) is 67.6 cm³/mol. The van der Waals surface area contributed by atoms with Gasteiger partial charge >= 0.3 is 0 Å². The van der Waals surface area contributed by atoms with Crippen molar-refractivity contribution in [3.8, 4) is 10.6 Å². The molecular weight excluding hydrogens is 220 g/mol. The first-order chi connectivity index (χ1) is 7.70. The molecule has 2 aromatic rings. The molecule has 0 unspecified atom stereocenters. The lowest BCUT2D eigenvalue weighted by Crippen LogP contribution is -2.07. The van der Waals surface area contributed by atoms with Gasteiger partial charge in [0.05, 0.1) is 0 Å². The van der Waals surface area contributed by atoms with E-state index >= 15 is 0 Å². The zero-order valence-corrected chi connectivity index (χ0v) is 10.2. The Hall–Kier alpha value is -1.46. The number of nitrogens with two attached hydrogens (primary N) is 1. The summed E-state index contributed by atoms with van der Waals surface area (Å²) in [7, 11) is 4.04. The smallest absolute Gasteiger partial charge is 0.147 e. The minimum atomic E-state index is 0.452. The highest BCUT2D eigenvalue weighted by Gasteiger charge is 2.05. The van der Waals surface area contributed by atoms with Gasteiger partial charge in [0.25, 0.3) is 0 Å². The van der Waals surface area contributed by atoms with Gasteiger partial charge in [-0.3, -0.25) is 0 Å². The van der Waals surface area contributed by atoms with Crippen LogP contribution in [0.2, 0.25) is 0 Å². The van der Waals surface area contributed by atoms with Crippen molar-refractivity contribution in [1.82, 2.24) is 10.2 Å². The molecule has 5 heteroatoms. The maximum absolute atomic E-state index is 5.51. The minimum absolute atomic E-state index is 0.452. The predicted octanol–water partition coefficient (Wildman–Crippen LogP) is 1.73. The number of hydrogen-bond acceptors (Lipinski definition) is 5. The molecule has 0 spiro atoms. The van der Waals surface area contributed by atoms with Crippen LogP contribution in [0.1, 0.15) is 5.01 Å². The van der Waals surface area contributed by atoms with Crippen LogP contribution in [0.25, 0.3) is 10.6 Å². The Morgan fingerprint density at radius 2 is 1.88 bits per heavy atom. The fourth-order valence-corrected chi connectivity index (χ4v) is 2.08. The molecular formula is C11H14N4S. The average molecular weight is 234 g/mol. The van der Waals surface area contributed by atoms with Crippen LogP contribution in [0.4, 0.5) is 5.69 Å². The summed E-state index contributed by atoms with van der Waals surface area (Å²) in [5, 5.41) is 9.90. The second kappa shape index (κ2) is 4.59. The highest BCUT2D eigenvalue weighted by molar-refractivity contribution is 7.14. The lowest BCUT2D eigenvalue weighted by Gasteiger charge is -2.11. The molecule has 84 valence electrons. The van der Waals surface area contributed by atoms with Crippen LogP contribution in [-0.2, 0) is 6.54 Å². The fraction of sp³-hybridized carbons (Fsp3) is 0.273. The summed E-state index contributed by atoms with van der Waals surface area (Å²) < 4.78 is 0. The third-order valence-electron chi connectivity index (χ3n) is 2.27. The van der Waals surface area contributed by atoms with Crippen LogP contribution < -0.4 is 10.6 Å². The molecule has 16 heavy (non-hydrogen) atoms. The van der Waals surface area contributed by atoms with E-state index in [-0.39, 0.29) is 0 Å². The molecule has 0 saturated carbocycles. The van der Waals surface area contributed by atoms with E-state index in [1.807, 2.05) is 14.1 Å². The van der Waals surface area contributed by atoms with E-state index in [1.165, 1.54) is 17.0 Å². The summed E-state index contributed by atoms with van der Waals surface area (Å²) >= 11 is 1.54. The Kier molecular flexibility index (Phi) is 3.17. The van der Waals surface area contributed by atoms with Gasteiger partial charge in [-0.1, -0.05) is 11.3 Å². The van der Waals surface area contributed by atoms with Crippen molar-refractivity contribution in [2.24, 2.45) is 5.73 Å². The van der Waals surface area contributed by atoms with Gasteiger partial charge in [-0.05, 0) is 24.3 Å². The molecule has 0 radical (unpaired) electrons. The molecule has 0 aliphatic heterocycles. The summed E-state index contributed by atoms with van der Waals surface area (Å²) in [6, 6.07) is 8.24. The average Bonchev–Trinajstić information content (AvgIpc) is 2.77. The van der Waals surface area contributed by atoms with Gasteiger partial charge in [-0.25, -0.2) is 0 Å². The highest BCUT2D eigenvalue weighted by Crippen LogP contribution is 2.25. The van der Waals surface area contributed by atoms with Gasteiger partial charge in [0.2, 0.25) is 0 Å². The molecule has 0 aliphatic rings. The van der Waals surface area contributed by atoms with Crippen LogP contribution >= 0.6 is 11.3 Å². The van der Waals surface area contributed by atoms with Gasteiger partial charge in [-0.2, -0.15) is 0 Å². The SMILES string of the molecule is CN(C)c1ccc(-c2nnc(CN)s2)cc1. The standard InChI is InChI=1S/C11H14N4S/c1-15(2)9-5-3-8(4-6-9)11-14-13-10(7-12)16-11/h3-6H,7,12H2,1-2H3. The zero-order chi connectivity index (χ0) is 11.5. The van der Waals surface area contributed by atoms with Gasteiger partial charge < -0.3 is 10.6 Å². The number of rotatable bonds is 3. The van der Waals surface area contributed by atoms with E-state index in [1.54, 1.807) is 0 Å². The second-order valence-corrected chi connectivity index (χ2v) is 4.71. The lowest BCUT2D eigenvalue weighted by molar-refractivity contribution is 0.960. The molecule has 0 saturated heterocycles. The fourth-order valence-electron chi connectivity index (χ4n) is 1.35. The third-order valence-corrected chi connectivity index (χ3v) is 3.27. The highest BCUT2D eigenvalue weighted by atomic mass is 32.1. The molecule has 0 atom stereocenters. The molecule has 0 amide bonds. The number of nitrogens with zero attached hydrogens (tertiary/aromatic N) is 3. The molecule has 1 aromatic heterocycles. The van der Waals surface area contributed by atoms with Crippen molar-refractivity contribution >= 4 is 17.0 Å². The van der Waals surface area contributed by atoms with Crippen LogP contribution in [0.15, 0.2) is 24.3 Å². The topological polar surface area (TPSA) is 55.0 Å². The molecule has 0 aliphatic carbocycles. The van der Waals surface area contributed by atoms with E-state index in [0.29, 0.717) is 6.54 Å². The second-order valence-electron chi connectivity index (χ2n) is 3.65. The monoisotopic (exact) mass is 234 g/mol. The summed E-state index contributed by atoms with van der Waals surface area (Å²) in [5.41, 5.74) is 7.77. The van der Waals surface area contributed by atoms with E-state index < -0.39 is 0 Å². The van der Waals surface area contributed by atoms with Crippen molar-refractivity contribution in [2.75, 3.05) is 19.0 Å². The maximum Gasteiger partial charge on any atom is 0.147 e. The molecule has 0 bridgehead atoms. The Balaban J connectivity index is 2.27. The number of anilines is 1. The van der Waals surface area contributed by atoms with E-state index in [9.17, 15) is 0 Å². The zero-order valence-electron chi connectivity index (χ0n) is 9.34. The van der Waals surface area contributed by atoms with Crippen molar-refractivity contribution in [3.63, 3.8) is 0 Å². The Labute approximate surface area is 98.7 Å².